The maximum Gasteiger partial charge on any atom is 0.162 e. The Hall–Kier alpha value is -1.68. The van der Waals surface area contributed by atoms with Crippen molar-refractivity contribution < 1.29 is 4.74 Å². The lowest BCUT2D eigenvalue weighted by Gasteiger charge is -2.24. The Morgan fingerprint density at radius 1 is 1.26 bits per heavy atom. The molecule has 0 radical (unpaired) electrons. The molecular weight excluding hydrogens is 238 g/mol. The molecule has 0 saturated carbocycles. The molecule has 1 aliphatic rings. The van der Waals surface area contributed by atoms with Crippen molar-refractivity contribution in [1.29, 1.82) is 0 Å². The van der Waals surface area contributed by atoms with Crippen molar-refractivity contribution in [2.75, 3.05) is 25.2 Å². The van der Waals surface area contributed by atoms with E-state index in [1.807, 2.05) is 6.92 Å². The summed E-state index contributed by atoms with van der Waals surface area (Å²) in [6.07, 6.45) is 1.07. The van der Waals surface area contributed by atoms with Crippen molar-refractivity contribution in [2.24, 2.45) is 0 Å². The lowest BCUT2D eigenvalue weighted by molar-refractivity contribution is 0.193. The average molecular weight is 257 g/mol. The van der Waals surface area contributed by atoms with Gasteiger partial charge in [-0.05, 0) is 44.0 Å². The van der Waals surface area contributed by atoms with Gasteiger partial charge in [-0.3, -0.25) is 0 Å². The van der Waals surface area contributed by atoms with Crippen molar-refractivity contribution in [1.82, 2.24) is 9.97 Å². The molecule has 1 aliphatic heterocycles. The van der Waals surface area contributed by atoms with E-state index >= 15 is 0 Å². The number of likely N-dealkylation sites (N-methyl/N-ethyl adjacent to an activating group) is 1. The fourth-order valence-corrected chi connectivity index (χ4v) is 2.63. The molecular formula is C15H19N3O. The third kappa shape index (κ3) is 2.28. The van der Waals surface area contributed by atoms with Crippen LogP contribution in [0.1, 0.15) is 17.7 Å². The number of aromatic nitrogens is 2. The molecule has 0 bridgehead atoms. The van der Waals surface area contributed by atoms with E-state index in [0.717, 1.165) is 42.2 Å². The highest BCUT2D eigenvalue weighted by molar-refractivity contribution is 5.80. The molecule has 0 spiro atoms. The van der Waals surface area contributed by atoms with Crippen LogP contribution >= 0.6 is 0 Å². The highest BCUT2D eigenvalue weighted by Gasteiger charge is 2.21. The smallest absolute Gasteiger partial charge is 0.162 e. The van der Waals surface area contributed by atoms with E-state index in [1.165, 1.54) is 5.56 Å². The summed E-state index contributed by atoms with van der Waals surface area (Å²) in [6.45, 7) is 5.75. The van der Waals surface area contributed by atoms with Crippen LogP contribution in [0.15, 0.2) is 18.2 Å². The summed E-state index contributed by atoms with van der Waals surface area (Å²) >= 11 is 0. The van der Waals surface area contributed by atoms with Gasteiger partial charge in [0.2, 0.25) is 0 Å². The van der Waals surface area contributed by atoms with Crippen LogP contribution in [0.4, 0.5) is 5.82 Å². The van der Waals surface area contributed by atoms with E-state index < -0.39 is 0 Å². The van der Waals surface area contributed by atoms with Crippen LogP contribution in [0.2, 0.25) is 0 Å². The standard InChI is InChI=1S/C15H19N3O/c1-10-8-11(2)16-15-13(10)4-5-14(17-15)18(3)12-6-7-19-9-12/h4-5,8,12H,6-7,9H2,1-3H3. The number of hydrogen-bond donors (Lipinski definition) is 0. The summed E-state index contributed by atoms with van der Waals surface area (Å²) in [6, 6.07) is 6.71. The first-order valence-electron chi connectivity index (χ1n) is 6.71. The zero-order valence-corrected chi connectivity index (χ0v) is 11.7. The number of fused-ring (bicyclic) bond motifs is 1. The van der Waals surface area contributed by atoms with Gasteiger partial charge in [0.1, 0.15) is 5.82 Å². The van der Waals surface area contributed by atoms with Gasteiger partial charge in [0.05, 0.1) is 12.6 Å². The molecule has 1 saturated heterocycles. The second kappa shape index (κ2) is 4.78. The van der Waals surface area contributed by atoms with Crippen LogP contribution in [0.5, 0.6) is 0 Å². The van der Waals surface area contributed by atoms with Crippen molar-refractivity contribution in [3.05, 3.63) is 29.5 Å². The third-order valence-electron chi connectivity index (χ3n) is 3.81. The fourth-order valence-electron chi connectivity index (χ4n) is 2.63. The van der Waals surface area contributed by atoms with Crippen LogP contribution < -0.4 is 4.90 Å². The van der Waals surface area contributed by atoms with Gasteiger partial charge in [-0.2, -0.15) is 0 Å². The zero-order valence-electron chi connectivity index (χ0n) is 11.7. The van der Waals surface area contributed by atoms with E-state index in [1.54, 1.807) is 0 Å². The number of nitrogens with zero attached hydrogens (tertiary/aromatic N) is 3. The Morgan fingerprint density at radius 2 is 2.11 bits per heavy atom. The Bertz CT molecular complexity index is 606. The van der Waals surface area contributed by atoms with Crippen LogP contribution in [-0.4, -0.2) is 36.3 Å². The average Bonchev–Trinajstić information content (AvgIpc) is 2.90. The molecule has 0 aliphatic carbocycles. The summed E-state index contributed by atoms with van der Waals surface area (Å²) in [7, 11) is 2.08. The number of rotatable bonds is 2. The lowest BCUT2D eigenvalue weighted by atomic mass is 10.1. The summed E-state index contributed by atoms with van der Waals surface area (Å²) < 4.78 is 5.44. The normalized spacial score (nSPS) is 19.0. The van der Waals surface area contributed by atoms with Crippen molar-refractivity contribution in [3.63, 3.8) is 0 Å². The molecule has 100 valence electrons. The van der Waals surface area contributed by atoms with E-state index in [-0.39, 0.29) is 0 Å². The molecule has 2 aromatic heterocycles. The third-order valence-corrected chi connectivity index (χ3v) is 3.81. The van der Waals surface area contributed by atoms with Gasteiger partial charge in [0.25, 0.3) is 0 Å². The summed E-state index contributed by atoms with van der Waals surface area (Å²) in [5, 5.41) is 1.13. The topological polar surface area (TPSA) is 38.2 Å². The Kier molecular flexibility index (Phi) is 3.11. The van der Waals surface area contributed by atoms with Crippen LogP contribution in [0.25, 0.3) is 11.0 Å². The van der Waals surface area contributed by atoms with Crippen molar-refractivity contribution >= 4 is 16.9 Å². The van der Waals surface area contributed by atoms with Gasteiger partial charge in [0, 0.05) is 24.7 Å². The molecule has 1 unspecified atom stereocenters. The Morgan fingerprint density at radius 3 is 2.84 bits per heavy atom. The second-order valence-corrected chi connectivity index (χ2v) is 5.25. The summed E-state index contributed by atoms with van der Waals surface area (Å²) in [5.41, 5.74) is 3.08. The summed E-state index contributed by atoms with van der Waals surface area (Å²) in [4.78, 5) is 11.4. The molecule has 0 amide bonds. The minimum absolute atomic E-state index is 0.427. The minimum Gasteiger partial charge on any atom is -0.379 e. The minimum atomic E-state index is 0.427. The molecule has 0 N–H and O–H groups in total. The number of aryl methyl sites for hydroxylation is 2. The van der Waals surface area contributed by atoms with E-state index in [2.05, 4.69) is 42.1 Å². The second-order valence-electron chi connectivity index (χ2n) is 5.25. The lowest BCUT2D eigenvalue weighted by Crippen LogP contribution is -2.32. The number of pyridine rings is 2. The maximum absolute atomic E-state index is 5.44. The molecule has 4 nitrogen and oxygen atoms in total. The molecule has 3 rings (SSSR count). The first-order chi connectivity index (χ1) is 9.15. The van der Waals surface area contributed by atoms with Gasteiger partial charge >= 0.3 is 0 Å². The zero-order chi connectivity index (χ0) is 13.4. The highest BCUT2D eigenvalue weighted by atomic mass is 16.5. The molecule has 2 aromatic rings. The van der Waals surface area contributed by atoms with Gasteiger partial charge in [0.15, 0.2) is 5.65 Å². The van der Waals surface area contributed by atoms with Gasteiger partial charge in [-0.25, -0.2) is 9.97 Å². The molecule has 1 fully saturated rings. The number of ether oxygens (including phenoxy) is 1. The first-order valence-corrected chi connectivity index (χ1v) is 6.71. The molecule has 3 heterocycles. The fraction of sp³-hybridized carbons (Fsp3) is 0.467. The van der Waals surface area contributed by atoms with Gasteiger partial charge in [-0.15, -0.1) is 0 Å². The first kappa shape index (κ1) is 12.4. The van der Waals surface area contributed by atoms with Crippen molar-refractivity contribution in [2.45, 2.75) is 26.3 Å². The van der Waals surface area contributed by atoms with E-state index in [9.17, 15) is 0 Å². The number of hydrogen-bond acceptors (Lipinski definition) is 4. The Labute approximate surface area is 113 Å². The molecule has 19 heavy (non-hydrogen) atoms. The van der Waals surface area contributed by atoms with Crippen LogP contribution in [-0.2, 0) is 4.74 Å². The monoisotopic (exact) mass is 257 g/mol. The quantitative estimate of drug-likeness (QED) is 0.828. The van der Waals surface area contributed by atoms with E-state index in [4.69, 9.17) is 9.72 Å². The van der Waals surface area contributed by atoms with Gasteiger partial charge in [-0.1, -0.05) is 0 Å². The van der Waals surface area contributed by atoms with Gasteiger partial charge < -0.3 is 9.64 Å². The molecule has 1 atom stereocenters. The highest BCUT2D eigenvalue weighted by Crippen LogP contribution is 2.22. The van der Waals surface area contributed by atoms with Crippen LogP contribution in [0, 0.1) is 13.8 Å². The SMILES string of the molecule is Cc1cc(C)c2ccc(N(C)C3CCOC3)nc2n1. The molecule has 4 heteroatoms. The van der Waals surface area contributed by atoms with E-state index in [0.29, 0.717) is 6.04 Å². The van der Waals surface area contributed by atoms with Crippen LogP contribution in [0.3, 0.4) is 0 Å². The number of anilines is 1. The maximum atomic E-state index is 5.44. The molecule has 0 aromatic carbocycles. The largest absolute Gasteiger partial charge is 0.379 e. The van der Waals surface area contributed by atoms with Crippen molar-refractivity contribution in [3.8, 4) is 0 Å². The predicted octanol–water partition coefficient (Wildman–Crippen LogP) is 2.47. The Balaban J connectivity index is 2.01. The summed E-state index contributed by atoms with van der Waals surface area (Å²) in [5.74, 6) is 0.973. The predicted molar refractivity (Wildman–Crippen MR) is 76.6 cm³/mol.